The van der Waals surface area contributed by atoms with Crippen LogP contribution in [0.1, 0.15) is 33.7 Å². The van der Waals surface area contributed by atoms with Crippen molar-refractivity contribution in [3.8, 4) is 5.75 Å². The molecule has 9 nitrogen and oxygen atoms in total. The maximum absolute atomic E-state index is 13.2. The number of hydrogen-bond acceptors (Lipinski definition) is 5. The Morgan fingerprint density at radius 2 is 1.84 bits per heavy atom. The van der Waals surface area contributed by atoms with Gasteiger partial charge in [-0.25, -0.2) is 4.79 Å². The number of piperidine rings is 1. The second kappa shape index (κ2) is 8.47. The molecule has 0 saturated carbocycles. The van der Waals surface area contributed by atoms with Crippen molar-refractivity contribution in [3.05, 3.63) is 53.7 Å². The van der Waals surface area contributed by atoms with Crippen molar-refractivity contribution in [2.75, 3.05) is 25.5 Å². The lowest BCUT2D eigenvalue weighted by atomic mass is 9.94. The van der Waals surface area contributed by atoms with Crippen molar-refractivity contribution in [2.45, 2.75) is 12.8 Å². The van der Waals surface area contributed by atoms with Crippen LogP contribution in [0.3, 0.4) is 0 Å². The Hall–Kier alpha value is -3.88. The van der Waals surface area contributed by atoms with E-state index in [1.54, 1.807) is 24.1 Å². The summed E-state index contributed by atoms with van der Waals surface area (Å²) in [5.74, 6) is -0.841. The van der Waals surface area contributed by atoms with Crippen LogP contribution in [-0.4, -0.2) is 58.2 Å². The van der Waals surface area contributed by atoms with E-state index in [1.807, 2.05) is 24.3 Å². The van der Waals surface area contributed by atoms with Crippen LogP contribution < -0.4 is 10.1 Å². The van der Waals surface area contributed by atoms with Gasteiger partial charge in [-0.05, 0) is 30.4 Å². The highest BCUT2D eigenvalue weighted by molar-refractivity contribution is 6.08. The Balaban J connectivity index is 1.42. The third kappa shape index (κ3) is 4.07. The standard InChI is InChI=1S/C22H22N4O5/c1-31-18-7-6-16(14-4-2-3-5-15(14)18)21(28)26-10-8-13(9-11-26)20(27)23-19-12-17(22(29)30)24-25-19/h2-7,12-13H,8-11H2,1H3,(H,29,30)(H2,23,24,25,27). The number of H-pyrrole nitrogens is 1. The summed E-state index contributed by atoms with van der Waals surface area (Å²) in [6.45, 7) is 0.913. The fourth-order valence-corrected chi connectivity index (χ4v) is 3.87. The van der Waals surface area contributed by atoms with Crippen LogP contribution in [-0.2, 0) is 4.79 Å². The molecule has 2 heterocycles. The largest absolute Gasteiger partial charge is 0.496 e. The molecule has 1 aliphatic rings. The molecule has 160 valence electrons. The summed E-state index contributed by atoms with van der Waals surface area (Å²) in [6, 6.07) is 12.5. The van der Waals surface area contributed by atoms with Gasteiger partial charge >= 0.3 is 5.97 Å². The van der Waals surface area contributed by atoms with Crippen LogP contribution in [0.5, 0.6) is 5.75 Å². The molecule has 3 aromatic rings. The van der Waals surface area contributed by atoms with Gasteiger partial charge in [0.1, 0.15) is 11.4 Å². The predicted molar refractivity (Wildman–Crippen MR) is 113 cm³/mol. The maximum Gasteiger partial charge on any atom is 0.353 e. The number of fused-ring (bicyclic) bond motifs is 1. The summed E-state index contributed by atoms with van der Waals surface area (Å²) < 4.78 is 5.40. The quantitative estimate of drug-likeness (QED) is 0.581. The minimum atomic E-state index is -1.15. The fraction of sp³-hybridized carbons (Fsp3) is 0.273. The van der Waals surface area contributed by atoms with Crippen LogP contribution >= 0.6 is 0 Å². The topological polar surface area (TPSA) is 125 Å². The van der Waals surface area contributed by atoms with Crippen molar-refractivity contribution in [2.24, 2.45) is 5.92 Å². The molecule has 1 fully saturated rings. The predicted octanol–water partition coefficient (Wildman–Crippen LogP) is 2.76. The summed E-state index contributed by atoms with van der Waals surface area (Å²) in [6.07, 6.45) is 1.03. The number of carbonyl (C=O) groups is 3. The number of anilines is 1. The number of aromatic nitrogens is 2. The summed E-state index contributed by atoms with van der Waals surface area (Å²) in [4.78, 5) is 38.3. The van der Waals surface area contributed by atoms with Gasteiger partial charge in [0.15, 0.2) is 5.82 Å². The average molecular weight is 422 g/mol. The van der Waals surface area contributed by atoms with Gasteiger partial charge in [0.25, 0.3) is 5.91 Å². The molecule has 0 spiro atoms. The molecule has 0 unspecified atom stereocenters. The zero-order valence-electron chi connectivity index (χ0n) is 16.9. The van der Waals surface area contributed by atoms with E-state index in [2.05, 4.69) is 15.5 Å². The van der Waals surface area contributed by atoms with E-state index < -0.39 is 5.97 Å². The van der Waals surface area contributed by atoms with Crippen molar-refractivity contribution in [3.63, 3.8) is 0 Å². The highest BCUT2D eigenvalue weighted by Crippen LogP contribution is 2.30. The average Bonchev–Trinajstić information content (AvgIpc) is 3.27. The Bertz CT molecular complexity index is 1150. The lowest BCUT2D eigenvalue weighted by Crippen LogP contribution is -2.41. The SMILES string of the molecule is COc1ccc(C(=O)N2CCC(C(=O)Nc3cc(C(=O)O)[nH]n3)CC2)c2ccccc12. The Labute approximate surface area is 178 Å². The Kier molecular flexibility index (Phi) is 5.57. The molecule has 0 aliphatic carbocycles. The number of rotatable bonds is 5. The van der Waals surface area contributed by atoms with E-state index in [0.29, 0.717) is 37.2 Å². The van der Waals surface area contributed by atoms with E-state index >= 15 is 0 Å². The van der Waals surface area contributed by atoms with E-state index in [-0.39, 0.29) is 29.2 Å². The molecule has 3 N–H and O–H groups in total. The molecule has 31 heavy (non-hydrogen) atoms. The second-order valence-corrected chi connectivity index (χ2v) is 7.39. The number of aromatic carboxylic acids is 1. The third-order valence-corrected chi connectivity index (χ3v) is 5.55. The molecular formula is C22H22N4O5. The molecule has 1 aliphatic heterocycles. The zero-order chi connectivity index (χ0) is 22.0. The number of benzene rings is 2. The van der Waals surface area contributed by atoms with Gasteiger partial charge in [-0.2, -0.15) is 5.10 Å². The molecule has 1 saturated heterocycles. The molecular weight excluding hydrogens is 400 g/mol. The number of likely N-dealkylation sites (tertiary alicyclic amines) is 1. The van der Waals surface area contributed by atoms with Gasteiger partial charge in [0.05, 0.1) is 7.11 Å². The van der Waals surface area contributed by atoms with E-state index in [9.17, 15) is 14.4 Å². The summed E-state index contributed by atoms with van der Waals surface area (Å²) >= 11 is 0. The molecule has 0 atom stereocenters. The maximum atomic E-state index is 13.2. The number of methoxy groups -OCH3 is 1. The van der Waals surface area contributed by atoms with Crippen LogP contribution in [0.25, 0.3) is 10.8 Å². The molecule has 0 radical (unpaired) electrons. The van der Waals surface area contributed by atoms with Crippen molar-refractivity contribution in [1.29, 1.82) is 0 Å². The zero-order valence-corrected chi connectivity index (χ0v) is 16.9. The normalized spacial score (nSPS) is 14.4. The minimum absolute atomic E-state index is 0.0730. The number of carboxylic acid groups (broad SMARTS) is 1. The van der Waals surface area contributed by atoms with Crippen LogP contribution in [0.15, 0.2) is 42.5 Å². The van der Waals surface area contributed by atoms with Gasteiger partial charge in [0.2, 0.25) is 5.91 Å². The number of hydrogen-bond donors (Lipinski definition) is 3. The van der Waals surface area contributed by atoms with Gasteiger partial charge < -0.3 is 20.1 Å². The Morgan fingerprint density at radius 3 is 2.48 bits per heavy atom. The van der Waals surface area contributed by atoms with Gasteiger partial charge in [-0.3, -0.25) is 14.7 Å². The van der Waals surface area contributed by atoms with E-state index in [4.69, 9.17) is 9.84 Å². The molecule has 0 bridgehead atoms. The number of carbonyl (C=O) groups excluding carboxylic acids is 2. The molecule has 9 heteroatoms. The lowest BCUT2D eigenvalue weighted by Gasteiger charge is -2.31. The molecule has 2 aromatic carbocycles. The van der Waals surface area contributed by atoms with Crippen molar-refractivity contribution >= 4 is 34.4 Å². The number of ether oxygens (including phenoxy) is 1. The number of nitrogens with one attached hydrogen (secondary N) is 2. The first-order valence-corrected chi connectivity index (χ1v) is 9.92. The van der Waals surface area contributed by atoms with Crippen LogP contribution in [0.4, 0.5) is 5.82 Å². The highest BCUT2D eigenvalue weighted by Gasteiger charge is 2.29. The first kappa shape index (κ1) is 20.4. The monoisotopic (exact) mass is 422 g/mol. The summed E-state index contributed by atoms with van der Waals surface area (Å²) in [7, 11) is 1.60. The number of aromatic amines is 1. The first-order valence-electron chi connectivity index (χ1n) is 9.92. The smallest absolute Gasteiger partial charge is 0.353 e. The van der Waals surface area contributed by atoms with Crippen molar-refractivity contribution < 1.29 is 24.2 Å². The fourth-order valence-electron chi connectivity index (χ4n) is 3.87. The second-order valence-electron chi connectivity index (χ2n) is 7.39. The number of amides is 2. The number of nitrogens with zero attached hydrogens (tertiary/aromatic N) is 2. The van der Waals surface area contributed by atoms with E-state index in [0.717, 1.165) is 10.8 Å². The first-order chi connectivity index (χ1) is 15.0. The lowest BCUT2D eigenvalue weighted by molar-refractivity contribution is -0.121. The summed E-state index contributed by atoms with van der Waals surface area (Å²) in [5, 5.41) is 19.4. The molecule has 1 aromatic heterocycles. The Morgan fingerprint density at radius 1 is 1.13 bits per heavy atom. The van der Waals surface area contributed by atoms with Crippen LogP contribution in [0.2, 0.25) is 0 Å². The van der Waals surface area contributed by atoms with Crippen LogP contribution in [0, 0.1) is 5.92 Å². The van der Waals surface area contributed by atoms with Gasteiger partial charge in [-0.15, -0.1) is 0 Å². The third-order valence-electron chi connectivity index (χ3n) is 5.55. The molecule has 2 amide bonds. The highest BCUT2D eigenvalue weighted by atomic mass is 16.5. The molecule has 4 rings (SSSR count). The summed E-state index contributed by atoms with van der Waals surface area (Å²) in [5.41, 5.74) is 0.513. The van der Waals surface area contributed by atoms with Gasteiger partial charge in [-0.1, -0.05) is 24.3 Å². The van der Waals surface area contributed by atoms with Crippen molar-refractivity contribution in [1.82, 2.24) is 15.1 Å². The number of carboxylic acids is 1. The van der Waals surface area contributed by atoms with Gasteiger partial charge in [0, 0.05) is 36.0 Å². The van der Waals surface area contributed by atoms with E-state index in [1.165, 1.54) is 6.07 Å². The minimum Gasteiger partial charge on any atom is -0.496 e.